The average molecular weight is 510 g/mol. The molecule has 0 aliphatic carbocycles. The normalized spacial score (nSPS) is 11.8. The summed E-state index contributed by atoms with van der Waals surface area (Å²) in [6, 6.07) is 25.4. The number of hydrogen-bond acceptors (Lipinski definition) is 5. The van der Waals surface area contributed by atoms with E-state index >= 15 is 0 Å². The number of aromatic amines is 1. The Morgan fingerprint density at radius 3 is 2.46 bits per heavy atom. The predicted molar refractivity (Wildman–Crippen MR) is 149 cm³/mol. The number of fused-ring (bicyclic) bond motifs is 1. The van der Waals surface area contributed by atoms with E-state index in [1.165, 1.54) is 17.1 Å². The number of benzene rings is 3. The van der Waals surface area contributed by atoms with Crippen molar-refractivity contribution in [2.45, 2.75) is 13.0 Å². The third-order valence-corrected chi connectivity index (χ3v) is 6.95. The van der Waals surface area contributed by atoms with Crippen LogP contribution in [0.2, 0.25) is 0 Å². The molecule has 37 heavy (non-hydrogen) atoms. The molecule has 0 amide bonds. The third kappa shape index (κ3) is 6.30. The number of aromatic nitrogens is 3. The van der Waals surface area contributed by atoms with E-state index in [0.29, 0.717) is 5.69 Å². The number of para-hydroxylation sites is 1. The maximum Gasteiger partial charge on any atom is 0.256 e. The average Bonchev–Trinajstić information content (AvgIpc) is 3.34. The lowest BCUT2D eigenvalue weighted by atomic mass is 10.1. The summed E-state index contributed by atoms with van der Waals surface area (Å²) in [4.78, 5) is 11.9. The van der Waals surface area contributed by atoms with Gasteiger partial charge in [0.05, 0.1) is 5.41 Å². The molecule has 186 valence electrons. The van der Waals surface area contributed by atoms with Crippen molar-refractivity contribution < 1.29 is 8.42 Å². The van der Waals surface area contributed by atoms with E-state index in [1.54, 1.807) is 12.3 Å². The van der Waals surface area contributed by atoms with Crippen LogP contribution in [0.4, 0.5) is 5.82 Å². The van der Waals surface area contributed by atoms with Crippen LogP contribution in [0.3, 0.4) is 0 Å². The molecule has 0 aliphatic rings. The Balaban J connectivity index is 1.20. The summed E-state index contributed by atoms with van der Waals surface area (Å²) in [5.41, 5.74) is 5.62. The van der Waals surface area contributed by atoms with Gasteiger partial charge in [0.15, 0.2) is 5.82 Å². The molecule has 0 saturated carbocycles. The molecule has 5 aromatic rings. The van der Waals surface area contributed by atoms with Crippen molar-refractivity contribution in [3.63, 3.8) is 0 Å². The first-order chi connectivity index (χ1) is 18.1. The molecule has 0 radical (unpaired) electrons. The van der Waals surface area contributed by atoms with Crippen molar-refractivity contribution in [1.82, 2.24) is 20.3 Å². The van der Waals surface area contributed by atoms with Crippen LogP contribution in [-0.4, -0.2) is 29.9 Å². The Labute approximate surface area is 216 Å². The fraction of sp³-hybridized carbons (Fsp3) is 0.103. The van der Waals surface area contributed by atoms with Crippen LogP contribution in [0.5, 0.6) is 0 Å². The first-order valence-corrected chi connectivity index (χ1v) is 13.5. The summed E-state index contributed by atoms with van der Waals surface area (Å²) in [5, 5.41) is 5.89. The predicted octanol–water partition coefficient (Wildman–Crippen LogP) is 5.37. The highest BCUT2D eigenvalue weighted by molar-refractivity contribution is 7.95. The van der Waals surface area contributed by atoms with Gasteiger partial charge in [-0.3, -0.25) is 9.71 Å². The summed E-state index contributed by atoms with van der Waals surface area (Å²) in [6.45, 7) is 1.59. The largest absolute Gasteiger partial charge is 0.361 e. The zero-order chi connectivity index (χ0) is 25.5. The summed E-state index contributed by atoms with van der Waals surface area (Å²) in [6.07, 6.45) is 7.56. The first-order valence-electron chi connectivity index (χ1n) is 12.0. The molecule has 3 N–H and O–H groups in total. The molecule has 0 atom stereocenters. The monoisotopic (exact) mass is 509 g/mol. The molecule has 0 bridgehead atoms. The number of hydrogen-bond donors (Lipinski definition) is 3. The van der Waals surface area contributed by atoms with Crippen LogP contribution in [0, 0.1) is 0 Å². The van der Waals surface area contributed by atoms with Crippen LogP contribution >= 0.6 is 0 Å². The van der Waals surface area contributed by atoms with Gasteiger partial charge in [-0.25, -0.2) is 13.4 Å². The van der Waals surface area contributed by atoms with Gasteiger partial charge in [-0.05, 0) is 41.8 Å². The van der Waals surface area contributed by atoms with Crippen molar-refractivity contribution in [2.24, 2.45) is 0 Å². The molecule has 0 fully saturated rings. The summed E-state index contributed by atoms with van der Waals surface area (Å²) >= 11 is 0. The van der Waals surface area contributed by atoms with Gasteiger partial charge in [-0.15, -0.1) is 0 Å². The van der Waals surface area contributed by atoms with Crippen LogP contribution in [0.25, 0.3) is 28.2 Å². The van der Waals surface area contributed by atoms with Gasteiger partial charge >= 0.3 is 0 Å². The van der Waals surface area contributed by atoms with Crippen molar-refractivity contribution in [3.05, 3.63) is 120 Å². The molecule has 0 saturated heterocycles. The Morgan fingerprint density at radius 2 is 1.62 bits per heavy atom. The lowest BCUT2D eigenvalue weighted by Crippen LogP contribution is -2.16. The van der Waals surface area contributed by atoms with Gasteiger partial charge in [-0.1, -0.05) is 72.8 Å². The number of rotatable bonds is 10. The zero-order valence-corrected chi connectivity index (χ0v) is 20.9. The molecule has 0 spiro atoms. The van der Waals surface area contributed by atoms with Crippen LogP contribution in [0.1, 0.15) is 16.7 Å². The maximum absolute atomic E-state index is 12.6. The highest BCUT2D eigenvalue weighted by Gasteiger charge is 2.13. The van der Waals surface area contributed by atoms with Gasteiger partial charge < -0.3 is 10.3 Å². The molecule has 0 unspecified atom stereocenters. The van der Waals surface area contributed by atoms with Crippen LogP contribution in [0.15, 0.2) is 103 Å². The number of anilines is 1. The van der Waals surface area contributed by atoms with Crippen molar-refractivity contribution in [1.29, 1.82) is 0 Å². The number of nitrogens with one attached hydrogen (secondary N) is 3. The quantitative estimate of drug-likeness (QED) is 0.220. The lowest BCUT2D eigenvalue weighted by Gasteiger charge is -2.10. The van der Waals surface area contributed by atoms with E-state index in [1.807, 2.05) is 60.7 Å². The van der Waals surface area contributed by atoms with E-state index < -0.39 is 10.0 Å². The molecule has 0 aliphatic heterocycles. The molecule has 7 nitrogen and oxygen atoms in total. The van der Waals surface area contributed by atoms with Gasteiger partial charge in [0.1, 0.15) is 5.69 Å². The minimum Gasteiger partial charge on any atom is -0.361 e. The Kier molecular flexibility index (Phi) is 7.39. The fourth-order valence-electron chi connectivity index (χ4n) is 4.10. The van der Waals surface area contributed by atoms with Crippen LogP contribution in [-0.2, 0) is 23.0 Å². The standard InChI is InChI=1S/C29H27N5O2S/c35-37(36,19-15-22-6-2-1-3-7-22)34-29-28(31-17-18-32-29)24-12-10-23(11-13-24)20-30-16-14-25-21-33-27-9-5-4-8-26(25)27/h1-13,15,17-19,21,30,33H,14,16,20H2,(H,32,34)/b19-15+. The van der Waals surface area contributed by atoms with Crippen molar-refractivity contribution in [2.75, 3.05) is 11.3 Å². The summed E-state index contributed by atoms with van der Waals surface area (Å²) in [5.74, 6) is 0.185. The van der Waals surface area contributed by atoms with E-state index in [2.05, 4.69) is 49.4 Å². The van der Waals surface area contributed by atoms with E-state index in [4.69, 9.17) is 0 Å². The maximum atomic E-state index is 12.6. The van der Waals surface area contributed by atoms with Crippen molar-refractivity contribution in [3.8, 4) is 11.3 Å². The molecular weight excluding hydrogens is 482 g/mol. The first kappa shape index (κ1) is 24.4. The second-order valence-corrected chi connectivity index (χ2v) is 10.2. The fourth-order valence-corrected chi connectivity index (χ4v) is 4.92. The highest BCUT2D eigenvalue weighted by Crippen LogP contribution is 2.25. The van der Waals surface area contributed by atoms with Gasteiger partial charge in [-0.2, -0.15) is 0 Å². The molecule has 2 aromatic heterocycles. The van der Waals surface area contributed by atoms with E-state index in [9.17, 15) is 8.42 Å². The third-order valence-electron chi connectivity index (χ3n) is 5.98. The Hall–Kier alpha value is -4.27. The summed E-state index contributed by atoms with van der Waals surface area (Å²) in [7, 11) is -3.76. The summed E-state index contributed by atoms with van der Waals surface area (Å²) < 4.78 is 27.8. The SMILES string of the molecule is O=S(=O)(/C=C/c1ccccc1)Nc1nccnc1-c1ccc(CNCCc2c[nH]c3ccccc23)cc1. The molecule has 5 rings (SSSR count). The molecular formula is C29H27N5O2S. The molecule has 2 heterocycles. The lowest BCUT2D eigenvalue weighted by molar-refractivity contribution is 0.609. The number of nitrogens with zero attached hydrogens (tertiary/aromatic N) is 2. The van der Waals surface area contributed by atoms with Gasteiger partial charge in [0.25, 0.3) is 10.0 Å². The number of sulfonamides is 1. The van der Waals surface area contributed by atoms with Crippen LogP contribution < -0.4 is 10.0 Å². The molecule has 8 heteroatoms. The zero-order valence-electron chi connectivity index (χ0n) is 20.1. The topological polar surface area (TPSA) is 99.8 Å². The van der Waals surface area contributed by atoms with Gasteiger partial charge in [0.2, 0.25) is 0 Å². The van der Waals surface area contributed by atoms with E-state index in [0.717, 1.165) is 47.1 Å². The van der Waals surface area contributed by atoms with Gasteiger partial charge in [0, 0.05) is 41.6 Å². The highest BCUT2D eigenvalue weighted by atomic mass is 32.2. The molecule has 3 aromatic carbocycles. The Bertz CT molecular complexity index is 1610. The second kappa shape index (κ2) is 11.2. The van der Waals surface area contributed by atoms with Crippen molar-refractivity contribution >= 4 is 32.8 Å². The minimum atomic E-state index is -3.76. The number of H-pyrrole nitrogens is 1. The second-order valence-electron chi connectivity index (χ2n) is 8.60. The smallest absolute Gasteiger partial charge is 0.256 e. The Morgan fingerprint density at radius 1 is 0.865 bits per heavy atom. The van der Waals surface area contributed by atoms with E-state index in [-0.39, 0.29) is 5.82 Å². The minimum absolute atomic E-state index is 0.185.